The first-order chi connectivity index (χ1) is 7.66. The van der Waals surface area contributed by atoms with Gasteiger partial charge in [-0.1, -0.05) is 0 Å². The molecule has 0 amide bonds. The Morgan fingerprint density at radius 1 is 1.38 bits per heavy atom. The van der Waals surface area contributed by atoms with E-state index in [2.05, 4.69) is 14.9 Å². The number of hydrogen-bond acceptors (Lipinski definition) is 4. The van der Waals surface area contributed by atoms with Gasteiger partial charge >= 0.3 is 0 Å². The molecular formula is C11H16ClN3O. The van der Waals surface area contributed by atoms with Crippen LogP contribution >= 0.6 is 11.6 Å². The van der Waals surface area contributed by atoms with Crippen LogP contribution in [0.25, 0.3) is 0 Å². The molecule has 88 valence electrons. The first-order valence-electron chi connectivity index (χ1n) is 5.56. The van der Waals surface area contributed by atoms with E-state index in [1.807, 2.05) is 13.1 Å². The zero-order valence-electron chi connectivity index (χ0n) is 9.30. The van der Waals surface area contributed by atoms with Crippen LogP contribution in [0.2, 0.25) is 5.28 Å². The topological polar surface area (TPSA) is 49.2 Å². The summed E-state index contributed by atoms with van der Waals surface area (Å²) in [5, 5.41) is 9.74. The summed E-state index contributed by atoms with van der Waals surface area (Å²) in [5.74, 6) is 0.849. The minimum Gasteiger partial charge on any atom is -0.393 e. The van der Waals surface area contributed by atoms with Crippen LogP contribution < -0.4 is 4.90 Å². The average molecular weight is 242 g/mol. The molecule has 0 atom stereocenters. The fourth-order valence-electron chi connectivity index (χ4n) is 2.16. The van der Waals surface area contributed by atoms with Crippen molar-refractivity contribution >= 4 is 17.4 Å². The van der Waals surface area contributed by atoms with E-state index < -0.39 is 0 Å². The van der Waals surface area contributed by atoms with Crippen molar-refractivity contribution in [3.63, 3.8) is 0 Å². The number of anilines is 1. The molecule has 1 saturated carbocycles. The molecule has 1 aliphatic carbocycles. The van der Waals surface area contributed by atoms with Gasteiger partial charge in [0.05, 0.1) is 6.10 Å². The Kier molecular flexibility index (Phi) is 3.61. The molecule has 0 bridgehead atoms. The fourth-order valence-corrected chi connectivity index (χ4v) is 2.30. The Morgan fingerprint density at radius 2 is 2.06 bits per heavy atom. The van der Waals surface area contributed by atoms with Crippen molar-refractivity contribution in [3.8, 4) is 0 Å². The smallest absolute Gasteiger partial charge is 0.224 e. The van der Waals surface area contributed by atoms with Gasteiger partial charge in [-0.2, -0.15) is 0 Å². The summed E-state index contributed by atoms with van der Waals surface area (Å²) in [7, 11) is 2.01. The summed E-state index contributed by atoms with van der Waals surface area (Å²) in [6.07, 6.45) is 5.28. The third-order valence-electron chi connectivity index (χ3n) is 3.19. The molecule has 1 aliphatic rings. The summed E-state index contributed by atoms with van der Waals surface area (Å²) < 4.78 is 0. The molecule has 1 aromatic rings. The normalized spacial score (nSPS) is 25.4. The van der Waals surface area contributed by atoms with Crippen LogP contribution in [0.15, 0.2) is 12.3 Å². The first-order valence-corrected chi connectivity index (χ1v) is 5.94. The molecule has 1 N–H and O–H groups in total. The molecule has 1 fully saturated rings. The number of aliphatic hydroxyl groups excluding tert-OH is 1. The summed E-state index contributed by atoms with van der Waals surface area (Å²) in [4.78, 5) is 10.2. The Bertz CT molecular complexity index is 353. The van der Waals surface area contributed by atoms with Crippen LogP contribution in [-0.2, 0) is 0 Å². The van der Waals surface area contributed by atoms with E-state index in [0.717, 1.165) is 31.5 Å². The monoisotopic (exact) mass is 241 g/mol. The number of aliphatic hydroxyl groups is 1. The van der Waals surface area contributed by atoms with Gasteiger partial charge in [-0.3, -0.25) is 0 Å². The van der Waals surface area contributed by atoms with Crippen molar-refractivity contribution < 1.29 is 5.11 Å². The highest BCUT2D eigenvalue weighted by Crippen LogP contribution is 2.25. The van der Waals surface area contributed by atoms with Crippen LogP contribution in [0.4, 0.5) is 5.82 Å². The summed E-state index contributed by atoms with van der Waals surface area (Å²) in [6, 6.07) is 2.30. The van der Waals surface area contributed by atoms with Gasteiger partial charge in [0.2, 0.25) is 5.28 Å². The van der Waals surface area contributed by atoms with Gasteiger partial charge < -0.3 is 10.0 Å². The molecule has 5 heteroatoms. The number of nitrogens with zero attached hydrogens (tertiary/aromatic N) is 3. The van der Waals surface area contributed by atoms with Crippen molar-refractivity contribution in [2.45, 2.75) is 37.8 Å². The van der Waals surface area contributed by atoms with E-state index in [0.29, 0.717) is 6.04 Å². The van der Waals surface area contributed by atoms with Gasteiger partial charge in [-0.25, -0.2) is 9.97 Å². The zero-order chi connectivity index (χ0) is 11.5. The van der Waals surface area contributed by atoms with Crippen LogP contribution in [0.3, 0.4) is 0 Å². The SMILES string of the molecule is CN(c1ccnc(Cl)n1)C1CCC(O)CC1. The molecule has 1 aromatic heterocycles. The third kappa shape index (κ3) is 2.62. The second-order valence-corrected chi connectivity index (χ2v) is 4.60. The maximum atomic E-state index is 9.46. The molecular weight excluding hydrogens is 226 g/mol. The second-order valence-electron chi connectivity index (χ2n) is 4.26. The third-order valence-corrected chi connectivity index (χ3v) is 3.37. The molecule has 1 heterocycles. The summed E-state index contributed by atoms with van der Waals surface area (Å²) in [5.41, 5.74) is 0. The van der Waals surface area contributed by atoms with E-state index in [-0.39, 0.29) is 11.4 Å². The highest BCUT2D eigenvalue weighted by atomic mass is 35.5. The van der Waals surface area contributed by atoms with E-state index in [4.69, 9.17) is 11.6 Å². The lowest BCUT2D eigenvalue weighted by Gasteiger charge is -2.33. The molecule has 0 saturated heterocycles. The van der Waals surface area contributed by atoms with Crippen LogP contribution in [-0.4, -0.2) is 34.3 Å². The van der Waals surface area contributed by atoms with Crippen molar-refractivity contribution in [1.82, 2.24) is 9.97 Å². The maximum Gasteiger partial charge on any atom is 0.224 e. The first kappa shape index (κ1) is 11.6. The van der Waals surface area contributed by atoms with Crippen LogP contribution in [0.1, 0.15) is 25.7 Å². The van der Waals surface area contributed by atoms with E-state index in [1.54, 1.807) is 6.20 Å². The van der Waals surface area contributed by atoms with Gasteiger partial charge in [0, 0.05) is 19.3 Å². The Morgan fingerprint density at radius 3 is 2.69 bits per heavy atom. The number of aromatic nitrogens is 2. The molecule has 0 spiro atoms. The molecule has 0 radical (unpaired) electrons. The van der Waals surface area contributed by atoms with Gasteiger partial charge in [0.15, 0.2) is 0 Å². The molecule has 0 aliphatic heterocycles. The van der Waals surface area contributed by atoms with Gasteiger partial charge in [-0.05, 0) is 43.4 Å². The predicted molar refractivity (Wildman–Crippen MR) is 63.7 cm³/mol. The minimum atomic E-state index is -0.126. The van der Waals surface area contributed by atoms with Crippen molar-refractivity contribution in [2.24, 2.45) is 0 Å². The lowest BCUT2D eigenvalue weighted by Crippen LogP contribution is -2.36. The highest BCUT2D eigenvalue weighted by molar-refractivity contribution is 6.28. The van der Waals surface area contributed by atoms with Crippen LogP contribution in [0.5, 0.6) is 0 Å². The lowest BCUT2D eigenvalue weighted by molar-refractivity contribution is 0.122. The predicted octanol–water partition coefficient (Wildman–Crippen LogP) is 1.87. The number of rotatable bonds is 2. The number of hydrogen-bond donors (Lipinski definition) is 1. The maximum absolute atomic E-state index is 9.46. The average Bonchev–Trinajstić information content (AvgIpc) is 2.29. The van der Waals surface area contributed by atoms with Gasteiger partial charge in [0.25, 0.3) is 0 Å². The lowest BCUT2D eigenvalue weighted by atomic mass is 9.92. The Balaban J connectivity index is 2.04. The standard InChI is InChI=1S/C11H16ClN3O/c1-15(8-2-4-9(16)5-3-8)10-6-7-13-11(12)14-10/h6-9,16H,2-5H2,1H3. The largest absolute Gasteiger partial charge is 0.393 e. The molecule has 2 rings (SSSR count). The Hall–Kier alpha value is -0.870. The van der Waals surface area contributed by atoms with Crippen LogP contribution in [0, 0.1) is 0 Å². The molecule has 0 unspecified atom stereocenters. The molecule has 4 nitrogen and oxygen atoms in total. The highest BCUT2D eigenvalue weighted by Gasteiger charge is 2.23. The fraction of sp³-hybridized carbons (Fsp3) is 0.636. The molecule has 0 aromatic carbocycles. The minimum absolute atomic E-state index is 0.126. The van der Waals surface area contributed by atoms with Crippen molar-refractivity contribution in [1.29, 1.82) is 0 Å². The summed E-state index contributed by atoms with van der Waals surface area (Å²) in [6.45, 7) is 0. The van der Waals surface area contributed by atoms with E-state index in [1.165, 1.54) is 0 Å². The van der Waals surface area contributed by atoms with Gasteiger partial charge in [0.1, 0.15) is 5.82 Å². The number of halogens is 1. The van der Waals surface area contributed by atoms with Crippen molar-refractivity contribution in [3.05, 3.63) is 17.5 Å². The second kappa shape index (κ2) is 4.97. The van der Waals surface area contributed by atoms with E-state index >= 15 is 0 Å². The molecule has 16 heavy (non-hydrogen) atoms. The zero-order valence-corrected chi connectivity index (χ0v) is 10.1. The van der Waals surface area contributed by atoms with E-state index in [9.17, 15) is 5.11 Å². The van der Waals surface area contributed by atoms with Gasteiger partial charge in [-0.15, -0.1) is 0 Å². The quantitative estimate of drug-likeness (QED) is 0.804. The Labute approximate surface area is 100 Å². The summed E-state index contributed by atoms with van der Waals surface area (Å²) >= 11 is 5.76. The van der Waals surface area contributed by atoms with Crippen molar-refractivity contribution in [2.75, 3.05) is 11.9 Å².